The van der Waals surface area contributed by atoms with Gasteiger partial charge in [0.2, 0.25) is 0 Å². The first-order chi connectivity index (χ1) is 19.8. The SMILES string of the molecule is C=C(CN1CCC2(CC1)C1=C[C@H](C)c3c(cc(OC)cc3OC)CN1C(=O)N2CC)N=C(/C=C\N)c1ccccc1. The van der Waals surface area contributed by atoms with Crippen molar-refractivity contribution in [3.63, 3.8) is 0 Å². The molecule has 0 radical (unpaired) electrons. The van der Waals surface area contributed by atoms with Gasteiger partial charge in [0.1, 0.15) is 11.5 Å². The molecule has 8 heteroatoms. The van der Waals surface area contributed by atoms with Gasteiger partial charge in [0, 0.05) is 60.7 Å². The molecule has 1 spiro atoms. The molecule has 41 heavy (non-hydrogen) atoms. The number of carbonyl (C=O) groups excluding carboxylic acids is 1. The van der Waals surface area contributed by atoms with Gasteiger partial charge in [-0.15, -0.1) is 0 Å². The van der Waals surface area contributed by atoms with Gasteiger partial charge in [-0.05, 0) is 43.7 Å². The molecule has 2 N–H and O–H groups in total. The number of likely N-dealkylation sites (N-methyl/N-ethyl adjacent to an activating group) is 1. The van der Waals surface area contributed by atoms with Gasteiger partial charge in [0.25, 0.3) is 0 Å². The second kappa shape index (κ2) is 11.8. The lowest BCUT2D eigenvalue weighted by Crippen LogP contribution is -2.53. The molecule has 0 aromatic heterocycles. The summed E-state index contributed by atoms with van der Waals surface area (Å²) >= 11 is 0. The van der Waals surface area contributed by atoms with E-state index in [4.69, 9.17) is 20.2 Å². The maximum atomic E-state index is 13.9. The molecule has 2 fully saturated rings. The van der Waals surface area contributed by atoms with Gasteiger partial charge in [-0.2, -0.15) is 0 Å². The minimum atomic E-state index is -0.335. The molecule has 0 bridgehead atoms. The Morgan fingerprint density at radius 1 is 1.17 bits per heavy atom. The zero-order valence-electron chi connectivity index (χ0n) is 24.6. The summed E-state index contributed by atoms with van der Waals surface area (Å²) in [5.41, 5.74) is 11.3. The molecule has 5 rings (SSSR count). The Balaban J connectivity index is 1.38. The third-order valence-electron chi connectivity index (χ3n) is 8.60. The van der Waals surface area contributed by atoms with Crippen LogP contribution in [0.1, 0.15) is 49.3 Å². The first-order valence-electron chi connectivity index (χ1n) is 14.3. The summed E-state index contributed by atoms with van der Waals surface area (Å²) in [7, 11) is 3.35. The Morgan fingerprint density at radius 2 is 1.90 bits per heavy atom. The van der Waals surface area contributed by atoms with Crippen molar-refractivity contribution in [3.8, 4) is 11.5 Å². The van der Waals surface area contributed by atoms with E-state index in [2.05, 4.69) is 36.3 Å². The number of urea groups is 1. The van der Waals surface area contributed by atoms with Crippen molar-refractivity contribution in [1.29, 1.82) is 0 Å². The standard InChI is InChI=1S/C33H41N5O3/c1-6-38-32(39)37-22-26-19-27(40-4)20-29(41-5)31(26)23(2)18-30(37)33(38)13-16-36(17-14-33)21-24(3)35-28(12-15-34)25-10-8-7-9-11-25/h7-12,15,18-20,23H,3,6,13-14,16-17,21-22,34H2,1-2,4-5H3/b15-12-,35-28?/t23-/m0/s1. The highest BCUT2D eigenvalue weighted by Crippen LogP contribution is 2.49. The van der Waals surface area contributed by atoms with Crippen molar-refractivity contribution < 1.29 is 14.3 Å². The molecular weight excluding hydrogens is 514 g/mol. The first-order valence-corrected chi connectivity index (χ1v) is 14.3. The number of allylic oxidation sites excluding steroid dienone is 2. The Morgan fingerprint density at radius 3 is 2.54 bits per heavy atom. The summed E-state index contributed by atoms with van der Waals surface area (Å²) in [4.78, 5) is 25.1. The number of rotatable bonds is 8. The molecule has 0 unspecified atom stereocenters. The third kappa shape index (κ3) is 5.24. The number of hydrogen-bond donors (Lipinski definition) is 1. The molecule has 8 nitrogen and oxygen atoms in total. The highest BCUT2D eigenvalue weighted by Gasteiger charge is 2.54. The van der Waals surface area contributed by atoms with E-state index in [9.17, 15) is 4.79 Å². The van der Waals surface area contributed by atoms with Crippen LogP contribution < -0.4 is 15.2 Å². The summed E-state index contributed by atoms with van der Waals surface area (Å²) in [6, 6.07) is 14.0. The molecule has 3 aliphatic rings. The summed E-state index contributed by atoms with van der Waals surface area (Å²) in [6.45, 7) is 12.0. The van der Waals surface area contributed by atoms with E-state index in [0.29, 0.717) is 19.6 Å². The maximum absolute atomic E-state index is 13.9. The third-order valence-corrected chi connectivity index (χ3v) is 8.60. The molecule has 2 aromatic carbocycles. The van der Waals surface area contributed by atoms with Gasteiger partial charge < -0.3 is 20.1 Å². The number of amides is 2. The van der Waals surface area contributed by atoms with Gasteiger partial charge in [-0.25, -0.2) is 4.79 Å². The van der Waals surface area contributed by atoms with Crippen molar-refractivity contribution in [2.75, 3.05) is 40.4 Å². The Bertz CT molecular complexity index is 1390. The van der Waals surface area contributed by atoms with Crippen molar-refractivity contribution >= 4 is 11.7 Å². The number of benzene rings is 2. The van der Waals surface area contributed by atoms with Gasteiger partial charge in [0.15, 0.2) is 0 Å². The molecule has 2 aromatic rings. The van der Waals surface area contributed by atoms with Crippen LogP contribution in [0, 0.1) is 0 Å². The van der Waals surface area contributed by atoms with Crippen LogP contribution >= 0.6 is 0 Å². The summed E-state index contributed by atoms with van der Waals surface area (Å²) in [5, 5.41) is 0. The smallest absolute Gasteiger partial charge is 0.325 e. The van der Waals surface area contributed by atoms with Crippen molar-refractivity contribution in [3.05, 3.63) is 95.5 Å². The predicted molar refractivity (Wildman–Crippen MR) is 163 cm³/mol. The van der Waals surface area contributed by atoms with Crippen LogP contribution in [-0.2, 0) is 6.54 Å². The molecular formula is C33H41N5O3. The largest absolute Gasteiger partial charge is 0.497 e. The number of methoxy groups -OCH3 is 2. The van der Waals surface area contributed by atoms with Crippen LogP contribution in [-0.4, -0.2) is 72.4 Å². The fourth-order valence-corrected chi connectivity index (χ4v) is 6.71. The number of nitrogens with two attached hydrogens (primary N) is 1. The van der Waals surface area contributed by atoms with Crippen LogP contribution in [0.15, 0.2) is 83.8 Å². The van der Waals surface area contributed by atoms with E-state index in [1.807, 2.05) is 53.4 Å². The molecule has 0 saturated carbocycles. The molecule has 3 aliphatic heterocycles. The Hall–Kier alpha value is -4.04. The number of aliphatic imine (C=N–C) groups is 1. The number of ether oxygens (including phenoxy) is 2. The second-order valence-electron chi connectivity index (χ2n) is 11.0. The van der Waals surface area contributed by atoms with Gasteiger partial charge in [0.05, 0.1) is 32.0 Å². The molecule has 1 atom stereocenters. The number of nitrogens with zero attached hydrogens (tertiary/aromatic N) is 4. The molecule has 2 amide bonds. The van der Waals surface area contributed by atoms with Crippen LogP contribution in [0.25, 0.3) is 0 Å². The summed E-state index contributed by atoms with van der Waals surface area (Å²) < 4.78 is 11.3. The Labute approximate surface area is 243 Å². The lowest BCUT2D eigenvalue weighted by molar-refractivity contribution is 0.0967. The van der Waals surface area contributed by atoms with Crippen LogP contribution in [0.2, 0.25) is 0 Å². The van der Waals surface area contributed by atoms with Crippen molar-refractivity contribution in [2.24, 2.45) is 10.7 Å². The Kier molecular flexibility index (Phi) is 8.22. The van der Waals surface area contributed by atoms with E-state index in [-0.39, 0.29) is 17.5 Å². The first kappa shape index (κ1) is 28.5. The number of piperidine rings is 1. The fourth-order valence-electron chi connectivity index (χ4n) is 6.71. The highest BCUT2D eigenvalue weighted by molar-refractivity contribution is 6.09. The van der Waals surface area contributed by atoms with Gasteiger partial charge >= 0.3 is 6.03 Å². The number of fused-ring (bicyclic) bond motifs is 3. The maximum Gasteiger partial charge on any atom is 0.325 e. The number of carbonyl (C=O) groups is 1. The zero-order chi connectivity index (χ0) is 29.1. The van der Waals surface area contributed by atoms with Crippen LogP contribution in [0.3, 0.4) is 0 Å². The number of likely N-dealkylation sites (tertiary alicyclic amines) is 1. The molecule has 2 saturated heterocycles. The predicted octanol–water partition coefficient (Wildman–Crippen LogP) is 5.27. The zero-order valence-corrected chi connectivity index (χ0v) is 24.6. The average molecular weight is 556 g/mol. The average Bonchev–Trinajstić information content (AvgIpc) is 3.08. The van der Waals surface area contributed by atoms with E-state index >= 15 is 0 Å². The quantitative estimate of drug-likeness (QED) is 0.449. The molecule has 216 valence electrons. The highest BCUT2D eigenvalue weighted by atomic mass is 16.5. The second-order valence-corrected chi connectivity index (χ2v) is 11.0. The summed E-state index contributed by atoms with van der Waals surface area (Å²) in [5.74, 6) is 1.62. The van der Waals surface area contributed by atoms with E-state index in [0.717, 1.165) is 71.2 Å². The van der Waals surface area contributed by atoms with Crippen molar-refractivity contribution in [2.45, 2.75) is 44.7 Å². The lowest BCUT2D eigenvalue weighted by Gasteiger charge is -2.44. The normalized spacial score (nSPS) is 20.6. The van der Waals surface area contributed by atoms with Crippen LogP contribution in [0.4, 0.5) is 4.79 Å². The topological polar surface area (TPSA) is 83.6 Å². The van der Waals surface area contributed by atoms with E-state index in [1.165, 1.54) is 6.20 Å². The number of hydrogen-bond acceptors (Lipinski definition) is 6. The summed E-state index contributed by atoms with van der Waals surface area (Å²) in [6.07, 6.45) is 7.31. The fraction of sp³-hybridized carbons (Fsp3) is 0.394. The molecule has 3 heterocycles. The van der Waals surface area contributed by atoms with E-state index < -0.39 is 0 Å². The molecule has 0 aliphatic carbocycles. The lowest BCUT2D eigenvalue weighted by atomic mass is 9.82. The minimum absolute atomic E-state index is 0.0733. The van der Waals surface area contributed by atoms with Crippen LogP contribution in [0.5, 0.6) is 11.5 Å². The van der Waals surface area contributed by atoms with Gasteiger partial charge in [-0.3, -0.25) is 14.8 Å². The monoisotopic (exact) mass is 555 g/mol. The minimum Gasteiger partial charge on any atom is -0.497 e. The van der Waals surface area contributed by atoms with Crippen molar-refractivity contribution in [1.82, 2.24) is 14.7 Å². The van der Waals surface area contributed by atoms with Gasteiger partial charge in [-0.1, -0.05) is 49.9 Å². The van der Waals surface area contributed by atoms with E-state index in [1.54, 1.807) is 14.2 Å².